The Morgan fingerprint density at radius 3 is 2.68 bits per heavy atom. The second-order valence-electron chi connectivity index (χ2n) is 6.50. The zero-order valence-electron chi connectivity index (χ0n) is 14.9. The molecule has 0 saturated heterocycles. The van der Waals surface area contributed by atoms with Crippen LogP contribution in [0.2, 0.25) is 10.0 Å². The van der Waals surface area contributed by atoms with Crippen LogP contribution in [0.15, 0.2) is 48.5 Å². The summed E-state index contributed by atoms with van der Waals surface area (Å²) in [4.78, 5) is 25.0. The third kappa shape index (κ3) is 3.37. The van der Waals surface area contributed by atoms with E-state index in [4.69, 9.17) is 23.2 Å². The van der Waals surface area contributed by atoms with Crippen molar-refractivity contribution in [2.75, 3.05) is 10.6 Å². The molecule has 1 aromatic heterocycles. The molecule has 1 aliphatic rings. The van der Waals surface area contributed by atoms with Gasteiger partial charge in [-0.2, -0.15) is 5.10 Å². The number of carbonyl (C=O) groups is 2. The molecule has 0 spiro atoms. The van der Waals surface area contributed by atoms with Crippen LogP contribution in [-0.4, -0.2) is 21.6 Å². The molecule has 4 rings (SSSR count). The quantitative estimate of drug-likeness (QED) is 0.649. The van der Waals surface area contributed by atoms with Gasteiger partial charge in [0.15, 0.2) is 0 Å². The van der Waals surface area contributed by atoms with Crippen molar-refractivity contribution in [3.8, 4) is 11.1 Å². The van der Waals surface area contributed by atoms with Gasteiger partial charge in [0.1, 0.15) is 11.9 Å². The van der Waals surface area contributed by atoms with Crippen molar-refractivity contribution >= 4 is 46.5 Å². The van der Waals surface area contributed by atoms with Crippen molar-refractivity contribution < 1.29 is 9.59 Å². The maximum absolute atomic E-state index is 12.5. The largest absolute Gasteiger partial charge is 0.325 e. The zero-order chi connectivity index (χ0) is 19.8. The summed E-state index contributed by atoms with van der Waals surface area (Å²) >= 11 is 12.0. The first-order valence-corrected chi connectivity index (χ1v) is 9.40. The van der Waals surface area contributed by atoms with Gasteiger partial charge in [0.2, 0.25) is 5.91 Å². The van der Waals surface area contributed by atoms with Crippen molar-refractivity contribution in [1.82, 2.24) is 9.78 Å². The number of anilines is 2. The van der Waals surface area contributed by atoms with E-state index in [1.807, 2.05) is 37.3 Å². The molecule has 142 valence electrons. The van der Waals surface area contributed by atoms with E-state index in [9.17, 15) is 9.59 Å². The molecule has 0 aliphatic carbocycles. The van der Waals surface area contributed by atoms with Gasteiger partial charge in [0, 0.05) is 10.6 Å². The third-order valence-corrected chi connectivity index (χ3v) is 5.12. The van der Waals surface area contributed by atoms with Crippen molar-refractivity contribution in [2.24, 2.45) is 0 Å². The van der Waals surface area contributed by atoms with Crippen molar-refractivity contribution in [1.29, 1.82) is 0 Å². The minimum atomic E-state index is -0.725. The highest BCUT2D eigenvalue weighted by Gasteiger charge is 2.36. The highest BCUT2D eigenvalue weighted by Crippen LogP contribution is 2.38. The Balaban J connectivity index is 1.58. The monoisotopic (exact) mass is 414 g/mol. The molecule has 0 fully saturated rings. The number of amides is 2. The molecule has 2 aromatic carbocycles. The number of hydrogen-bond donors (Lipinski definition) is 2. The number of aromatic nitrogens is 2. The van der Waals surface area contributed by atoms with E-state index in [1.165, 1.54) is 0 Å². The lowest BCUT2D eigenvalue weighted by Gasteiger charge is -2.11. The molecule has 0 radical (unpaired) electrons. The molecular formula is C20H16Cl2N4O2. The van der Waals surface area contributed by atoms with Crippen LogP contribution in [0.5, 0.6) is 0 Å². The molecule has 0 saturated carbocycles. The normalized spacial score (nSPS) is 15.2. The predicted octanol–water partition coefficient (Wildman–Crippen LogP) is 4.69. The molecule has 2 N–H and O–H groups in total. The molecule has 8 heteroatoms. The lowest BCUT2D eigenvalue weighted by Crippen LogP contribution is -2.23. The van der Waals surface area contributed by atoms with Crippen LogP contribution in [0, 0.1) is 6.92 Å². The average Bonchev–Trinajstić information content (AvgIpc) is 3.12. The summed E-state index contributed by atoms with van der Waals surface area (Å²) in [7, 11) is 0. The lowest BCUT2D eigenvalue weighted by molar-refractivity contribution is -0.123. The first-order valence-electron chi connectivity index (χ1n) is 8.64. The van der Waals surface area contributed by atoms with Gasteiger partial charge in [-0.25, -0.2) is 4.68 Å². The summed E-state index contributed by atoms with van der Waals surface area (Å²) in [5.41, 5.74) is 3.04. The summed E-state index contributed by atoms with van der Waals surface area (Å²) < 4.78 is 1.59. The van der Waals surface area contributed by atoms with Crippen LogP contribution in [0.1, 0.15) is 18.2 Å². The standard InChI is InChI=1S/C20H16Cl2N4O2/c1-11-18(12-5-3-2-4-6-12)19-24-20(28)16(26(19)25-11)10-17(27)23-15-8-7-13(21)9-14(15)22/h2-9,16H,10H2,1H3,(H,23,27)(H,24,28). The van der Waals surface area contributed by atoms with Crippen LogP contribution in [-0.2, 0) is 9.59 Å². The van der Waals surface area contributed by atoms with E-state index in [-0.39, 0.29) is 18.2 Å². The Kier molecular flexibility index (Phi) is 4.83. The molecule has 1 unspecified atom stereocenters. The summed E-state index contributed by atoms with van der Waals surface area (Å²) in [6.07, 6.45) is -0.0624. The van der Waals surface area contributed by atoms with E-state index in [2.05, 4.69) is 15.7 Å². The number of halogens is 2. The minimum absolute atomic E-state index is 0.0624. The fraction of sp³-hybridized carbons (Fsp3) is 0.150. The maximum Gasteiger partial charge on any atom is 0.251 e. The number of hydrogen-bond acceptors (Lipinski definition) is 3. The summed E-state index contributed by atoms with van der Waals surface area (Å²) in [5.74, 6) is -0.000281. The Hall–Kier alpha value is -2.83. The fourth-order valence-corrected chi connectivity index (χ4v) is 3.76. The smallest absolute Gasteiger partial charge is 0.251 e. The summed E-state index contributed by atoms with van der Waals surface area (Å²) in [6.45, 7) is 1.88. The molecule has 6 nitrogen and oxygen atoms in total. The Morgan fingerprint density at radius 1 is 1.21 bits per heavy atom. The molecule has 1 aliphatic heterocycles. The van der Waals surface area contributed by atoms with E-state index < -0.39 is 6.04 Å². The van der Waals surface area contributed by atoms with E-state index in [0.29, 0.717) is 21.6 Å². The third-order valence-electron chi connectivity index (χ3n) is 4.57. The number of benzene rings is 2. The van der Waals surface area contributed by atoms with E-state index in [0.717, 1.165) is 16.8 Å². The number of aryl methyl sites for hydroxylation is 1. The second kappa shape index (κ2) is 7.30. The van der Waals surface area contributed by atoms with Gasteiger partial charge in [0.05, 0.1) is 22.8 Å². The van der Waals surface area contributed by atoms with Gasteiger partial charge >= 0.3 is 0 Å². The highest BCUT2D eigenvalue weighted by molar-refractivity contribution is 6.36. The van der Waals surface area contributed by atoms with Crippen molar-refractivity contribution in [2.45, 2.75) is 19.4 Å². The number of carbonyl (C=O) groups excluding carboxylic acids is 2. The molecule has 3 aromatic rings. The number of fused-ring (bicyclic) bond motifs is 1. The molecule has 1 atom stereocenters. The van der Waals surface area contributed by atoms with Gasteiger partial charge < -0.3 is 10.6 Å². The van der Waals surface area contributed by atoms with Gasteiger partial charge in [0.25, 0.3) is 5.91 Å². The van der Waals surface area contributed by atoms with Gasteiger partial charge in [-0.05, 0) is 30.7 Å². The van der Waals surface area contributed by atoms with Crippen LogP contribution < -0.4 is 10.6 Å². The molecule has 28 heavy (non-hydrogen) atoms. The SMILES string of the molecule is Cc1nn2c(c1-c1ccccc1)NC(=O)C2CC(=O)Nc1ccc(Cl)cc1Cl. The number of nitrogens with one attached hydrogen (secondary N) is 2. The Labute approximate surface area is 171 Å². The Bertz CT molecular complexity index is 1080. The van der Waals surface area contributed by atoms with Gasteiger partial charge in [-0.15, -0.1) is 0 Å². The Morgan fingerprint density at radius 2 is 1.96 bits per heavy atom. The van der Waals surface area contributed by atoms with E-state index >= 15 is 0 Å². The predicted molar refractivity (Wildman–Crippen MR) is 110 cm³/mol. The minimum Gasteiger partial charge on any atom is -0.325 e. The topological polar surface area (TPSA) is 76.0 Å². The van der Waals surface area contributed by atoms with Crippen LogP contribution in [0.3, 0.4) is 0 Å². The van der Waals surface area contributed by atoms with Crippen molar-refractivity contribution in [3.05, 3.63) is 64.3 Å². The maximum atomic E-state index is 12.5. The number of rotatable bonds is 4. The number of nitrogens with zero attached hydrogens (tertiary/aromatic N) is 2. The van der Waals surface area contributed by atoms with Gasteiger partial charge in [-0.3, -0.25) is 9.59 Å². The average molecular weight is 415 g/mol. The zero-order valence-corrected chi connectivity index (χ0v) is 16.4. The summed E-state index contributed by atoms with van der Waals surface area (Å²) in [5, 5.41) is 10.9. The molecule has 0 bridgehead atoms. The van der Waals surface area contributed by atoms with Crippen LogP contribution >= 0.6 is 23.2 Å². The fourth-order valence-electron chi connectivity index (χ4n) is 3.30. The van der Waals surface area contributed by atoms with Gasteiger partial charge in [-0.1, -0.05) is 53.5 Å². The second-order valence-corrected chi connectivity index (χ2v) is 7.34. The molecule has 2 amide bonds. The first kappa shape index (κ1) is 18.5. The lowest BCUT2D eigenvalue weighted by atomic mass is 10.1. The van der Waals surface area contributed by atoms with Crippen molar-refractivity contribution in [3.63, 3.8) is 0 Å². The first-order chi connectivity index (χ1) is 13.4. The molecular weight excluding hydrogens is 399 g/mol. The molecule has 2 heterocycles. The van der Waals surface area contributed by atoms with E-state index in [1.54, 1.807) is 22.9 Å². The highest BCUT2D eigenvalue weighted by atomic mass is 35.5. The van der Waals surface area contributed by atoms with Crippen LogP contribution in [0.4, 0.5) is 11.5 Å². The summed E-state index contributed by atoms with van der Waals surface area (Å²) in [6, 6.07) is 13.8. The van der Waals surface area contributed by atoms with Crippen LogP contribution in [0.25, 0.3) is 11.1 Å².